The van der Waals surface area contributed by atoms with Crippen molar-refractivity contribution in [3.8, 4) is 0 Å². The molecule has 12 nitrogen and oxygen atoms in total. The molecule has 2 saturated heterocycles. The average Bonchev–Trinajstić information content (AvgIpc) is 3.29. The number of carbonyl (C=O) groups excluding carboxylic acids is 2. The molecule has 2 aliphatic heterocycles. The number of carbonyl (C=O) groups is 2. The van der Waals surface area contributed by atoms with Gasteiger partial charge in [0.15, 0.2) is 5.79 Å². The SMILES string of the molecule is CC1(C)O[C@@H]2[C@H](O1)[C@@H](Nc1ccnc(C(F)(F)F)n1)CO[C@@H]2CNC(=O)COCCOCC(=O)OCc1ccccc1. The van der Waals surface area contributed by atoms with Crippen LogP contribution in [-0.2, 0) is 50.8 Å². The number of esters is 1. The number of anilines is 1. The fourth-order valence-electron chi connectivity index (χ4n) is 4.38. The number of fused-ring (bicyclic) bond motifs is 1. The van der Waals surface area contributed by atoms with Crippen molar-refractivity contribution in [2.75, 3.05) is 44.9 Å². The fourth-order valence-corrected chi connectivity index (χ4v) is 4.38. The first-order valence-electron chi connectivity index (χ1n) is 13.3. The van der Waals surface area contributed by atoms with E-state index in [-0.39, 0.29) is 52.0 Å². The summed E-state index contributed by atoms with van der Waals surface area (Å²) in [6, 6.07) is 10.00. The summed E-state index contributed by atoms with van der Waals surface area (Å²) < 4.78 is 72.6. The Bertz CT molecular complexity index is 1190. The maximum absolute atomic E-state index is 13.0. The van der Waals surface area contributed by atoms with Crippen molar-refractivity contribution in [1.82, 2.24) is 15.3 Å². The first-order valence-corrected chi connectivity index (χ1v) is 13.3. The number of aromatic nitrogens is 2. The van der Waals surface area contributed by atoms with Crippen LogP contribution < -0.4 is 10.6 Å². The number of nitrogens with one attached hydrogen (secondary N) is 2. The van der Waals surface area contributed by atoms with Crippen LogP contribution in [-0.4, -0.2) is 91.6 Å². The van der Waals surface area contributed by atoms with Gasteiger partial charge in [0.1, 0.15) is 44.0 Å². The second-order valence-electron chi connectivity index (χ2n) is 10.0. The molecule has 2 N–H and O–H groups in total. The zero-order chi connectivity index (χ0) is 30.2. The van der Waals surface area contributed by atoms with Crippen LogP contribution >= 0.6 is 0 Å². The summed E-state index contributed by atoms with van der Waals surface area (Å²) in [5.41, 5.74) is 0.867. The molecule has 2 fully saturated rings. The maximum Gasteiger partial charge on any atom is 0.451 e. The third-order valence-corrected chi connectivity index (χ3v) is 6.23. The van der Waals surface area contributed by atoms with Gasteiger partial charge in [-0.05, 0) is 25.5 Å². The van der Waals surface area contributed by atoms with Crippen LogP contribution in [0.5, 0.6) is 0 Å². The minimum absolute atomic E-state index is 0.0325. The summed E-state index contributed by atoms with van der Waals surface area (Å²) in [5, 5.41) is 5.64. The monoisotopic (exact) mass is 598 g/mol. The number of hydrogen-bond donors (Lipinski definition) is 2. The number of alkyl halides is 3. The Kier molecular flexibility index (Phi) is 10.7. The minimum Gasteiger partial charge on any atom is -0.459 e. The van der Waals surface area contributed by atoms with Crippen LogP contribution in [0.1, 0.15) is 25.2 Å². The van der Waals surface area contributed by atoms with Gasteiger partial charge in [0.05, 0.1) is 25.9 Å². The molecule has 1 amide bonds. The number of ether oxygens (including phenoxy) is 6. The topological polar surface area (TPSA) is 139 Å². The predicted molar refractivity (Wildman–Crippen MR) is 139 cm³/mol. The molecule has 4 atom stereocenters. The average molecular weight is 599 g/mol. The lowest BCUT2D eigenvalue weighted by molar-refractivity contribution is -0.154. The van der Waals surface area contributed by atoms with Crippen molar-refractivity contribution >= 4 is 17.7 Å². The van der Waals surface area contributed by atoms with E-state index in [9.17, 15) is 22.8 Å². The van der Waals surface area contributed by atoms with Gasteiger partial charge in [0, 0.05) is 12.7 Å². The molecule has 2 aliphatic rings. The molecule has 1 aromatic heterocycles. The highest BCUT2D eigenvalue weighted by Gasteiger charge is 2.52. The normalized spacial score (nSPS) is 23.2. The highest BCUT2D eigenvalue weighted by molar-refractivity contribution is 5.77. The van der Waals surface area contributed by atoms with Gasteiger partial charge >= 0.3 is 12.1 Å². The van der Waals surface area contributed by atoms with E-state index in [4.69, 9.17) is 28.4 Å². The molecule has 0 aliphatic carbocycles. The van der Waals surface area contributed by atoms with Gasteiger partial charge in [-0.2, -0.15) is 13.2 Å². The molecule has 15 heteroatoms. The molecule has 0 saturated carbocycles. The molecule has 3 heterocycles. The Morgan fingerprint density at radius 3 is 2.50 bits per heavy atom. The molecular weight excluding hydrogens is 565 g/mol. The number of halogens is 3. The van der Waals surface area contributed by atoms with Crippen LogP contribution in [0.4, 0.5) is 19.0 Å². The molecule has 1 aromatic carbocycles. The third-order valence-electron chi connectivity index (χ3n) is 6.23. The molecule has 230 valence electrons. The molecule has 0 spiro atoms. The lowest BCUT2D eigenvalue weighted by atomic mass is 9.98. The summed E-state index contributed by atoms with van der Waals surface area (Å²) in [6.45, 7) is 3.43. The van der Waals surface area contributed by atoms with Crippen molar-refractivity contribution < 1.29 is 51.2 Å². The van der Waals surface area contributed by atoms with E-state index in [0.29, 0.717) is 0 Å². The number of amides is 1. The van der Waals surface area contributed by atoms with E-state index in [0.717, 1.165) is 11.8 Å². The standard InChI is InChI=1S/C27H33F3N4O8/c1-26(2)41-23-18(33-20-8-9-31-25(34-20)27(28,29)30)14-39-19(24(23)42-26)12-32-21(35)15-37-10-11-38-16-22(36)40-13-17-6-4-3-5-7-17/h3-9,18-19,23-24H,10-16H2,1-2H3,(H,32,35)(H,31,33,34)/t18-,19+,23+,24-/m0/s1. The molecule has 4 rings (SSSR count). The molecule has 0 radical (unpaired) electrons. The molecule has 2 aromatic rings. The van der Waals surface area contributed by atoms with Crippen LogP contribution in [0.3, 0.4) is 0 Å². The quantitative estimate of drug-likeness (QED) is 0.259. The van der Waals surface area contributed by atoms with Gasteiger partial charge in [-0.25, -0.2) is 14.8 Å². The highest BCUT2D eigenvalue weighted by Crippen LogP contribution is 2.36. The van der Waals surface area contributed by atoms with Crippen LogP contribution in [0.2, 0.25) is 0 Å². The Labute approximate surface area is 240 Å². The molecular formula is C27H33F3N4O8. The van der Waals surface area contributed by atoms with E-state index < -0.39 is 54.0 Å². The van der Waals surface area contributed by atoms with Crippen molar-refractivity contribution in [1.29, 1.82) is 0 Å². The van der Waals surface area contributed by atoms with E-state index in [2.05, 4.69) is 20.6 Å². The second-order valence-corrected chi connectivity index (χ2v) is 10.0. The molecule has 0 bridgehead atoms. The van der Waals surface area contributed by atoms with Crippen molar-refractivity contribution in [2.24, 2.45) is 0 Å². The van der Waals surface area contributed by atoms with Crippen LogP contribution in [0.25, 0.3) is 0 Å². The molecule has 0 unspecified atom stereocenters. The summed E-state index contributed by atoms with van der Waals surface area (Å²) in [6.07, 6.45) is -5.46. The number of hydrogen-bond acceptors (Lipinski definition) is 11. The van der Waals surface area contributed by atoms with E-state index in [1.54, 1.807) is 13.8 Å². The minimum atomic E-state index is -4.69. The van der Waals surface area contributed by atoms with Crippen LogP contribution in [0, 0.1) is 0 Å². The summed E-state index contributed by atoms with van der Waals surface area (Å²) in [7, 11) is 0. The van der Waals surface area contributed by atoms with Crippen molar-refractivity contribution in [2.45, 2.75) is 56.8 Å². The number of benzene rings is 1. The Morgan fingerprint density at radius 2 is 1.76 bits per heavy atom. The first kappa shape index (κ1) is 31.6. The number of nitrogens with zero attached hydrogens (tertiary/aromatic N) is 2. The van der Waals surface area contributed by atoms with E-state index in [1.807, 2.05) is 30.3 Å². The largest absolute Gasteiger partial charge is 0.459 e. The lowest BCUT2D eigenvalue weighted by Crippen LogP contribution is -2.57. The Balaban J connectivity index is 1.15. The fraction of sp³-hybridized carbons (Fsp3) is 0.556. The highest BCUT2D eigenvalue weighted by atomic mass is 19.4. The maximum atomic E-state index is 13.0. The molecule has 42 heavy (non-hydrogen) atoms. The van der Waals surface area contributed by atoms with Crippen molar-refractivity contribution in [3.63, 3.8) is 0 Å². The van der Waals surface area contributed by atoms with Gasteiger partial charge in [-0.15, -0.1) is 0 Å². The van der Waals surface area contributed by atoms with E-state index in [1.165, 1.54) is 6.07 Å². The van der Waals surface area contributed by atoms with E-state index >= 15 is 0 Å². The van der Waals surface area contributed by atoms with Gasteiger partial charge in [-0.3, -0.25) is 4.79 Å². The smallest absolute Gasteiger partial charge is 0.451 e. The number of rotatable bonds is 13. The van der Waals surface area contributed by atoms with Crippen molar-refractivity contribution in [3.05, 3.63) is 54.0 Å². The summed E-state index contributed by atoms with van der Waals surface area (Å²) >= 11 is 0. The second kappa shape index (κ2) is 14.2. The predicted octanol–water partition coefficient (Wildman–Crippen LogP) is 2.09. The zero-order valence-corrected chi connectivity index (χ0v) is 23.1. The Morgan fingerprint density at radius 1 is 1.05 bits per heavy atom. The summed E-state index contributed by atoms with van der Waals surface area (Å²) in [4.78, 5) is 30.8. The third kappa shape index (κ3) is 9.32. The zero-order valence-electron chi connectivity index (χ0n) is 23.1. The van der Waals surface area contributed by atoms with Gasteiger partial charge < -0.3 is 39.1 Å². The van der Waals surface area contributed by atoms with Gasteiger partial charge in [0.25, 0.3) is 0 Å². The van der Waals surface area contributed by atoms with Crippen LogP contribution in [0.15, 0.2) is 42.6 Å². The first-order chi connectivity index (χ1) is 20.0. The lowest BCUT2D eigenvalue weighted by Gasteiger charge is -2.37. The summed E-state index contributed by atoms with van der Waals surface area (Å²) in [5.74, 6) is -3.19. The van der Waals surface area contributed by atoms with Gasteiger partial charge in [0.2, 0.25) is 11.7 Å². The van der Waals surface area contributed by atoms with Gasteiger partial charge in [-0.1, -0.05) is 30.3 Å². The Hall–Kier alpha value is -3.37.